The molecule has 1 fully saturated rings. The molecule has 130 valence electrons. The fourth-order valence-corrected chi connectivity index (χ4v) is 4.64. The number of hydrogen-bond acceptors (Lipinski definition) is 4. The highest BCUT2D eigenvalue weighted by molar-refractivity contribution is 7.94. The molecule has 0 radical (unpaired) electrons. The lowest BCUT2D eigenvalue weighted by Crippen LogP contribution is -2.38. The normalized spacial score (nSPS) is 23.8. The van der Waals surface area contributed by atoms with Gasteiger partial charge in [-0.25, -0.2) is 8.42 Å². The van der Waals surface area contributed by atoms with Gasteiger partial charge in [-0.05, 0) is 37.0 Å². The molecule has 2 aliphatic rings. The minimum absolute atomic E-state index is 0.0186. The molecule has 24 heavy (non-hydrogen) atoms. The van der Waals surface area contributed by atoms with Crippen LogP contribution >= 0.6 is 0 Å². The van der Waals surface area contributed by atoms with Gasteiger partial charge in [0.1, 0.15) is 5.56 Å². The van der Waals surface area contributed by atoms with Gasteiger partial charge < -0.3 is 10.3 Å². The molecule has 1 amide bonds. The van der Waals surface area contributed by atoms with Crippen LogP contribution in [0, 0.1) is 0 Å². The smallest absolute Gasteiger partial charge is 0.261 e. The zero-order valence-electron chi connectivity index (χ0n) is 13.5. The van der Waals surface area contributed by atoms with Crippen LogP contribution in [0.4, 0.5) is 0 Å². The van der Waals surface area contributed by atoms with Crippen LogP contribution in [0.25, 0.3) is 0 Å². The number of hydrogen-bond donors (Lipinski definition) is 2. The Balaban J connectivity index is 1.71. The highest BCUT2D eigenvalue weighted by atomic mass is 32.2. The largest absolute Gasteiger partial charge is 0.345 e. The average molecular weight is 350 g/mol. The molecule has 0 aromatic carbocycles. The van der Waals surface area contributed by atoms with Crippen molar-refractivity contribution in [2.24, 2.45) is 0 Å². The van der Waals surface area contributed by atoms with Crippen LogP contribution in [-0.4, -0.2) is 31.1 Å². The van der Waals surface area contributed by atoms with Crippen LogP contribution in [0.1, 0.15) is 60.5 Å². The maximum absolute atomic E-state index is 12.3. The molecule has 2 heterocycles. The maximum Gasteiger partial charge on any atom is 0.261 e. The number of amides is 1. The van der Waals surface area contributed by atoms with Crippen molar-refractivity contribution in [2.45, 2.75) is 50.5 Å². The molecule has 0 bridgehead atoms. The van der Waals surface area contributed by atoms with E-state index in [1.54, 1.807) is 6.07 Å². The van der Waals surface area contributed by atoms with Gasteiger partial charge in [0.25, 0.3) is 11.5 Å². The Morgan fingerprint density at radius 2 is 1.83 bits per heavy atom. The average Bonchev–Trinajstić information content (AvgIpc) is 2.75. The molecular weight excluding hydrogens is 328 g/mol. The second kappa shape index (κ2) is 6.93. The number of rotatable bonds is 3. The van der Waals surface area contributed by atoms with E-state index in [2.05, 4.69) is 10.3 Å². The molecule has 0 saturated heterocycles. The zero-order chi connectivity index (χ0) is 17.2. The van der Waals surface area contributed by atoms with Gasteiger partial charge in [-0.2, -0.15) is 0 Å². The fourth-order valence-electron chi connectivity index (χ4n) is 3.41. The van der Waals surface area contributed by atoms with E-state index in [4.69, 9.17) is 0 Å². The third-order valence-corrected chi connectivity index (χ3v) is 6.11. The summed E-state index contributed by atoms with van der Waals surface area (Å²) in [5, 5.41) is 3.67. The minimum Gasteiger partial charge on any atom is -0.345 e. The lowest BCUT2D eigenvalue weighted by Gasteiger charge is -2.15. The van der Waals surface area contributed by atoms with Gasteiger partial charge in [-0.15, -0.1) is 0 Å². The van der Waals surface area contributed by atoms with Crippen LogP contribution in [0.2, 0.25) is 0 Å². The van der Waals surface area contributed by atoms with Crippen molar-refractivity contribution in [3.8, 4) is 0 Å². The number of carbonyl (C=O) groups excluding carboxylic acids is 1. The number of aromatic amines is 1. The second-order valence-corrected chi connectivity index (χ2v) is 8.51. The summed E-state index contributed by atoms with van der Waals surface area (Å²) < 4.78 is 22.7. The molecule has 1 saturated carbocycles. The SMILES string of the molecule is O=C(N[C@@H]1C=CS(=O)(=O)C1)c1ccc(C2CCCCCC2)[nH]c1=O. The van der Waals surface area contributed by atoms with E-state index in [-0.39, 0.29) is 11.3 Å². The Hall–Kier alpha value is -1.89. The van der Waals surface area contributed by atoms with Crippen molar-refractivity contribution in [3.05, 3.63) is 45.2 Å². The van der Waals surface area contributed by atoms with Crippen LogP contribution in [0.3, 0.4) is 0 Å². The molecule has 1 aromatic heterocycles. The topological polar surface area (TPSA) is 96.1 Å². The van der Waals surface area contributed by atoms with E-state index in [1.165, 1.54) is 18.9 Å². The third-order valence-electron chi connectivity index (χ3n) is 4.72. The Morgan fingerprint density at radius 1 is 1.12 bits per heavy atom. The van der Waals surface area contributed by atoms with E-state index in [1.807, 2.05) is 6.07 Å². The Labute approximate surface area is 141 Å². The first-order chi connectivity index (χ1) is 11.4. The number of pyridine rings is 1. The van der Waals surface area contributed by atoms with Crippen LogP contribution in [0.15, 0.2) is 28.4 Å². The monoisotopic (exact) mass is 350 g/mol. The van der Waals surface area contributed by atoms with Gasteiger partial charge in [0.2, 0.25) is 0 Å². The van der Waals surface area contributed by atoms with E-state index in [0.29, 0.717) is 5.92 Å². The van der Waals surface area contributed by atoms with Crippen molar-refractivity contribution in [1.82, 2.24) is 10.3 Å². The van der Waals surface area contributed by atoms with Crippen molar-refractivity contribution >= 4 is 15.7 Å². The molecule has 0 unspecified atom stereocenters. The predicted octanol–water partition coefficient (Wildman–Crippen LogP) is 1.85. The fraction of sp³-hybridized carbons (Fsp3) is 0.529. The molecular formula is C17H22N2O4S. The maximum atomic E-state index is 12.3. The van der Waals surface area contributed by atoms with E-state index in [9.17, 15) is 18.0 Å². The van der Waals surface area contributed by atoms with Gasteiger partial charge in [0, 0.05) is 11.1 Å². The van der Waals surface area contributed by atoms with Gasteiger partial charge in [-0.1, -0.05) is 25.7 Å². The van der Waals surface area contributed by atoms with Crippen molar-refractivity contribution in [2.75, 3.05) is 5.75 Å². The van der Waals surface area contributed by atoms with E-state index < -0.39 is 27.3 Å². The van der Waals surface area contributed by atoms with Crippen LogP contribution < -0.4 is 10.9 Å². The molecule has 3 rings (SSSR count). The highest BCUT2D eigenvalue weighted by Crippen LogP contribution is 2.29. The first-order valence-electron chi connectivity index (χ1n) is 8.40. The first-order valence-corrected chi connectivity index (χ1v) is 10.1. The summed E-state index contributed by atoms with van der Waals surface area (Å²) in [5.74, 6) is -0.354. The first kappa shape index (κ1) is 17.0. The third kappa shape index (κ3) is 3.95. The van der Waals surface area contributed by atoms with Gasteiger partial charge >= 0.3 is 0 Å². The van der Waals surface area contributed by atoms with Crippen molar-refractivity contribution in [3.63, 3.8) is 0 Å². The van der Waals surface area contributed by atoms with Crippen LogP contribution in [-0.2, 0) is 9.84 Å². The summed E-state index contributed by atoms with van der Waals surface area (Å²) in [6.45, 7) is 0. The summed E-state index contributed by atoms with van der Waals surface area (Å²) in [6.07, 6.45) is 8.35. The van der Waals surface area contributed by atoms with Gasteiger partial charge in [0.05, 0.1) is 11.8 Å². The van der Waals surface area contributed by atoms with Gasteiger partial charge in [-0.3, -0.25) is 9.59 Å². The molecule has 1 aliphatic heterocycles. The Bertz CT molecular complexity index is 802. The van der Waals surface area contributed by atoms with Crippen molar-refractivity contribution in [1.29, 1.82) is 0 Å². The lowest BCUT2D eigenvalue weighted by atomic mass is 9.96. The zero-order valence-corrected chi connectivity index (χ0v) is 14.3. The second-order valence-electron chi connectivity index (χ2n) is 6.58. The van der Waals surface area contributed by atoms with Crippen molar-refractivity contribution < 1.29 is 13.2 Å². The summed E-state index contributed by atoms with van der Waals surface area (Å²) >= 11 is 0. The molecule has 1 aromatic rings. The number of H-pyrrole nitrogens is 1. The summed E-state index contributed by atoms with van der Waals surface area (Å²) in [4.78, 5) is 27.3. The number of nitrogens with one attached hydrogen (secondary N) is 2. The summed E-state index contributed by atoms with van der Waals surface area (Å²) in [5.41, 5.74) is 0.492. The minimum atomic E-state index is -3.24. The highest BCUT2D eigenvalue weighted by Gasteiger charge is 2.24. The molecule has 0 spiro atoms. The standard InChI is InChI=1S/C17H22N2O4S/c20-16(18-13-9-10-24(22,23)11-13)14-7-8-15(19-17(14)21)12-5-3-1-2-4-6-12/h7-10,12-13H,1-6,11H2,(H,18,20)(H,19,21)/t13-/m1/s1. The molecule has 6 nitrogen and oxygen atoms in total. The quantitative estimate of drug-likeness (QED) is 0.813. The summed E-state index contributed by atoms with van der Waals surface area (Å²) in [7, 11) is -3.24. The molecule has 2 N–H and O–H groups in total. The van der Waals surface area contributed by atoms with E-state index in [0.717, 1.165) is 36.8 Å². The Kier molecular flexibility index (Phi) is 4.89. The molecule has 7 heteroatoms. The predicted molar refractivity (Wildman–Crippen MR) is 91.7 cm³/mol. The van der Waals surface area contributed by atoms with E-state index >= 15 is 0 Å². The Morgan fingerprint density at radius 3 is 2.42 bits per heavy atom. The number of sulfone groups is 1. The molecule has 1 aliphatic carbocycles. The summed E-state index contributed by atoms with van der Waals surface area (Å²) in [6, 6.07) is 2.78. The van der Waals surface area contributed by atoms with Crippen LogP contribution in [0.5, 0.6) is 0 Å². The number of carbonyl (C=O) groups is 1. The lowest BCUT2D eigenvalue weighted by molar-refractivity contribution is 0.0946. The van der Waals surface area contributed by atoms with Gasteiger partial charge in [0.15, 0.2) is 9.84 Å². The number of aromatic nitrogens is 1. The molecule has 1 atom stereocenters.